The smallest absolute Gasteiger partial charge is 0.0722 e. The summed E-state index contributed by atoms with van der Waals surface area (Å²) in [5, 5.41) is 1.02. The highest BCUT2D eigenvalue weighted by Crippen LogP contribution is 2.20. The first kappa shape index (κ1) is 22.0. The Kier molecular flexibility index (Phi) is 8.12. The van der Waals surface area contributed by atoms with Crippen molar-refractivity contribution in [1.82, 2.24) is 4.98 Å². The van der Waals surface area contributed by atoms with E-state index in [4.69, 9.17) is 17.2 Å². The molecule has 0 radical (unpaired) electrons. The average molecular weight is 414 g/mol. The molecule has 4 aromatic rings. The Labute approximate surface area is 184 Å². The van der Waals surface area contributed by atoms with Crippen LogP contribution in [-0.4, -0.2) is 18.1 Å². The summed E-state index contributed by atoms with van der Waals surface area (Å²) in [6.45, 7) is 2.40. The van der Waals surface area contributed by atoms with E-state index in [1.54, 1.807) is 6.20 Å². The molecule has 5 heteroatoms. The second kappa shape index (κ2) is 11.5. The van der Waals surface area contributed by atoms with Gasteiger partial charge in [-0.2, -0.15) is 0 Å². The van der Waals surface area contributed by atoms with Crippen LogP contribution in [0.2, 0.25) is 0 Å². The summed E-state index contributed by atoms with van der Waals surface area (Å²) in [4.78, 5) is 6.60. The molecule has 0 amide bonds. The summed E-state index contributed by atoms with van der Waals surface area (Å²) in [6.07, 6.45) is 5.79. The van der Waals surface area contributed by atoms with Crippen molar-refractivity contribution < 1.29 is 0 Å². The van der Waals surface area contributed by atoms with E-state index in [2.05, 4.69) is 22.0 Å². The van der Waals surface area contributed by atoms with E-state index < -0.39 is 0 Å². The zero-order valence-electron chi connectivity index (χ0n) is 17.8. The highest BCUT2D eigenvalue weighted by Gasteiger charge is 2.09. The topological polar surface area (TPSA) is 94.2 Å². The van der Waals surface area contributed by atoms with E-state index in [-0.39, 0.29) is 0 Å². The second-order valence-corrected chi connectivity index (χ2v) is 7.47. The number of nitrogens with two attached hydrogens (primary N) is 3. The second-order valence-electron chi connectivity index (χ2n) is 7.47. The van der Waals surface area contributed by atoms with Gasteiger partial charge < -0.3 is 22.1 Å². The third-order valence-electron chi connectivity index (χ3n) is 5.09. The van der Waals surface area contributed by atoms with Crippen LogP contribution in [0.25, 0.3) is 10.9 Å². The van der Waals surface area contributed by atoms with Crippen molar-refractivity contribution >= 4 is 33.7 Å². The Morgan fingerprint density at radius 2 is 1.29 bits per heavy atom. The van der Waals surface area contributed by atoms with Crippen molar-refractivity contribution in [3.8, 4) is 0 Å². The molecule has 0 unspecified atom stereocenters. The van der Waals surface area contributed by atoms with Crippen molar-refractivity contribution in [2.45, 2.75) is 19.3 Å². The highest BCUT2D eigenvalue weighted by molar-refractivity contribution is 5.89. The van der Waals surface area contributed by atoms with Gasteiger partial charge >= 0.3 is 0 Å². The van der Waals surface area contributed by atoms with Crippen LogP contribution in [0, 0.1) is 0 Å². The van der Waals surface area contributed by atoms with Crippen LogP contribution in [0.1, 0.15) is 19.3 Å². The number of anilines is 4. The Hall–Kier alpha value is -3.73. The number of nitrogens with zero attached hydrogens (tertiary/aromatic N) is 2. The maximum atomic E-state index is 5.72. The number of aromatic nitrogens is 1. The van der Waals surface area contributed by atoms with Crippen molar-refractivity contribution in [3.05, 3.63) is 91.1 Å². The van der Waals surface area contributed by atoms with Crippen LogP contribution in [0.4, 0.5) is 22.7 Å². The van der Waals surface area contributed by atoms with E-state index in [9.17, 15) is 0 Å². The molecule has 1 aliphatic heterocycles. The molecule has 0 atom stereocenters. The summed E-state index contributed by atoms with van der Waals surface area (Å²) in [7, 11) is 0. The van der Waals surface area contributed by atoms with E-state index in [0.717, 1.165) is 28.0 Å². The summed E-state index contributed by atoms with van der Waals surface area (Å²) >= 11 is 0. The summed E-state index contributed by atoms with van der Waals surface area (Å²) in [5.41, 5.74) is 21.4. The lowest BCUT2D eigenvalue weighted by Crippen LogP contribution is -2.29. The molecular weight excluding hydrogens is 382 g/mol. The maximum Gasteiger partial charge on any atom is 0.0722 e. The monoisotopic (exact) mass is 413 g/mol. The molecule has 160 valence electrons. The third-order valence-corrected chi connectivity index (χ3v) is 5.09. The minimum Gasteiger partial charge on any atom is -0.399 e. The molecule has 1 fully saturated rings. The predicted molar refractivity (Wildman–Crippen MR) is 134 cm³/mol. The number of hydrogen-bond donors (Lipinski definition) is 3. The van der Waals surface area contributed by atoms with Gasteiger partial charge in [-0.25, -0.2) is 0 Å². The summed E-state index contributed by atoms with van der Waals surface area (Å²) in [6, 6.07) is 27.3. The molecule has 5 nitrogen and oxygen atoms in total. The maximum absolute atomic E-state index is 5.72. The Balaban J connectivity index is 0.000000138. The molecule has 0 aliphatic carbocycles. The highest BCUT2D eigenvalue weighted by atomic mass is 15.1. The number of pyridine rings is 1. The van der Waals surface area contributed by atoms with Crippen molar-refractivity contribution in [3.63, 3.8) is 0 Å². The van der Waals surface area contributed by atoms with Crippen LogP contribution < -0.4 is 22.1 Å². The van der Waals surface area contributed by atoms with Gasteiger partial charge in [0.05, 0.1) is 5.52 Å². The summed E-state index contributed by atoms with van der Waals surface area (Å²) in [5.74, 6) is 0. The van der Waals surface area contributed by atoms with E-state index in [1.165, 1.54) is 38.0 Å². The molecule has 2 heterocycles. The van der Waals surface area contributed by atoms with E-state index in [1.807, 2.05) is 72.8 Å². The third kappa shape index (κ3) is 6.93. The lowest BCUT2D eigenvalue weighted by molar-refractivity contribution is 0.578. The molecule has 6 N–H and O–H groups in total. The summed E-state index contributed by atoms with van der Waals surface area (Å²) < 4.78 is 0. The van der Waals surface area contributed by atoms with Crippen molar-refractivity contribution in [2.24, 2.45) is 0 Å². The zero-order valence-corrected chi connectivity index (χ0v) is 17.8. The largest absolute Gasteiger partial charge is 0.399 e. The minimum atomic E-state index is 0.788. The first-order chi connectivity index (χ1) is 15.1. The number of rotatable bonds is 1. The molecule has 31 heavy (non-hydrogen) atoms. The molecule has 0 bridgehead atoms. The van der Waals surface area contributed by atoms with Crippen LogP contribution in [-0.2, 0) is 0 Å². The average Bonchev–Trinajstić information content (AvgIpc) is 2.82. The number of nitrogen functional groups attached to an aromatic ring is 3. The lowest BCUT2D eigenvalue weighted by Gasteiger charge is -2.28. The van der Waals surface area contributed by atoms with Crippen molar-refractivity contribution in [2.75, 3.05) is 35.2 Å². The molecular formula is C26H31N5. The normalized spacial score (nSPS) is 12.8. The first-order valence-electron chi connectivity index (χ1n) is 10.6. The first-order valence-corrected chi connectivity index (χ1v) is 10.6. The lowest BCUT2D eigenvalue weighted by atomic mass is 10.1. The quantitative estimate of drug-likeness (QED) is 0.366. The Morgan fingerprint density at radius 1 is 0.613 bits per heavy atom. The van der Waals surface area contributed by atoms with Gasteiger partial charge in [-0.15, -0.1) is 0 Å². The number of benzene rings is 3. The molecule has 1 saturated heterocycles. The fraction of sp³-hybridized carbons (Fsp3) is 0.192. The zero-order chi connectivity index (χ0) is 21.9. The Bertz CT molecular complexity index is 1040. The fourth-order valence-corrected chi connectivity index (χ4v) is 3.42. The van der Waals surface area contributed by atoms with Crippen LogP contribution in [0.15, 0.2) is 91.1 Å². The fourth-order valence-electron chi connectivity index (χ4n) is 3.42. The predicted octanol–water partition coefficient (Wildman–Crippen LogP) is 5.34. The number of hydrogen-bond acceptors (Lipinski definition) is 5. The number of fused-ring (bicyclic) bond motifs is 1. The van der Waals surface area contributed by atoms with Gasteiger partial charge in [0.25, 0.3) is 0 Å². The van der Waals surface area contributed by atoms with Gasteiger partial charge in [0.15, 0.2) is 0 Å². The van der Waals surface area contributed by atoms with Gasteiger partial charge in [0.1, 0.15) is 0 Å². The molecule has 1 aliphatic rings. The SMILES string of the molecule is Nc1ccc(N2CCCCC2)cc1.Nc1cccc2ncccc12.Nc1ccccc1. The van der Waals surface area contributed by atoms with Crippen LogP contribution in [0.3, 0.4) is 0 Å². The van der Waals surface area contributed by atoms with Crippen molar-refractivity contribution in [1.29, 1.82) is 0 Å². The molecule has 0 spiro atoms. The standard InChI is InChI=1S/C11H16N2.C9H8N2.C6H7N/c12-10-4-6-11(7-5-10)13-8-2-1-3-9-13;10-8-4-1-5-9-7(8)3-2-6-11-9;7-6-4-2-1-3-5-6/h4-7H,1-3,8-9,12H2;1-6H,10H2;1-5H,7H2. The molecule has 3 aromatic carbocycles. The van der Waals surface area contributed by atoms with Gasteiger partial charge in [-0.3, -0.25) is 4.98 Å². The molecule has 5 rings (SSSR count). The molecule has 0 saturated carbocycles. The van der Waals surface area contributed by atoms with Crippen LogP contribution >= 0.6 is 0 Å². The minimum absolute atomic E-state index is 0.788. The molecule has 1 aromatic heterocycles. The van der Waals surface area contributed by atoms with Gasteiger partial charge in [0, 0.05) is 47.4 Å². The van der Waals surface area contributed by atoms with Gasteiger partial charge in [-0.05, 0) is 79.9 Å². The van der Waals surface area contributed by atoms with E-state index >= 15 is 0 Å². The Morgan fingerprint density at radius 3 is 1.90 bits per heavy atom. The number of para-hydroxylation sites is 1. The van der Waals surface area contributed by atoms with E-state index in [0.29, 0.717) is 0 Å². The van der Waals surface area contributed by atoms with Crippen LogP contribution in [0.5, 0.6) is 0 Å². The number of piperidine rings is 1. The van der Waals surface area contributed by atoms with Gasteiger partial charge in [-0.1, -0.05) is 24.3 Å². The van der Waals surface area contributed by atoms with Gasteiger partial charge in [0.2, 0.25) is 0 Å².